The Morgan fingerprint density at radius 1 is 1.38 bits per heavy atom. The van der Waals surface area contributed by atoms with Crippen LogP contribution in [0.15, 0.2) is 0 Å². The Kier molecular flexibility index (Phi) is 2.37. The van der Waals surface area contributed by atoms with E-state index in [1.165, 1.54) is 32.2 Å². The van der Waals surface area contributed by atoms with Crippen molar-refractivity contribution in [3.05, 3.63) is 0 Å². The van der Waals surface area contributed by atoms with E-state index in [1.54, 1.807) is 0 Å². The van der Waals surface area contributed by atoms with Crippen molar-refractivity contribution >= 4 is 0 Å². The highest BCUT2D eigenvalue weighted by Gasteiger charge is 2.43. The predicted molar refractivity (Wildman–Crippen MR) is 55.6 cm³/mol. The van der Waals surface area contributed by atoms with Crippen LogP contribution in [0.3, 0.4) is 0 Å². The zero-order valence-electron chi connectivity index (χ0n) is 8.92. The molecule has 0 bridgehead atoms. The molecule has 2 atom stereocenters. The van der Waals surface area contributed by atoms with Gasteiger partial charge in [0.15, 0.2) is 0 Å². The Balaban J connectivity index is 2.00. The maximum Gasteiger partial charge on any atom is 0.0156 e. The molecular weight excluding hydrogens is 160 g/mol. The first kappa shape index (κ1) is 9.47. The molecule has 76 valence electrons. The van der Waals surface area contributed by atoms with Gasteiger partial charge in [-0.1, -0.05) is 0 Å². The Morgan fingerprint density at radius 2 is 2.15 bits per heavy atom. The number of likely N-dealkylation sites (tertiary alicyclic amines) is 1. The third-order valence-corrected chi connectivity index (χ3v) is 4.05. The number of rotatable bonds is 2. The maximum absolute atomic E-state index is 5.75. The van der Waals surface area contributed by atoms with Crippen LogP contribution in [0.25, 0.3) is 0 Å². The molecule has 1 saturated heterocycles. The van der Waals surface area contributed by atoms with Gasteiger partial charge in [-0.3, -0.25) is 4.90 Å². The van der Waals surface area contributed by atoms with Crippen molar-refractivity contribution in [2.24, 2.45) is 11.7 Å². The molecule has 2 fully saturated rings. The van der Waals surface area contributed by atoms with Crippen molar-refractivity contribution < 1.29 is 0 Å². The van der Waals surface area contributed by atoms with E-state index in [-0.39, 0.29) is 0 Å². The van der Waals surface area contributed by atoms with Crippen LogP contribution in [0.2, 0.25) is 0 Å². The highest BCUT2D eigenvalue weighted by Crippen LogP contribution is 2.40. The third kappa shape index (κ3) is 1.50. The van der Waals surface area contributed by atoms with Crippen LogP contribution in [0, 0.1) is 5.92 Å². The monoisotopic (exact) mass is 182 g/mol. The van der Waals surface area contributed by atoms with E-state index in [0.29, 0.717) is 5.54 Å². The predicted octanol–water partition coefficient (Wildman–Crippen LogP) is 1.60. The fourth-order valence-corrected chi connectivity index (χ4v) is 2.98. The summed E-state index contributed by atoms with van der Waals surface area (Å²) in [6.45, 7) is 6.95. The molecule has 13 heavy (non-hydrogen) atoms. The van der Waals surface area contributed by atoms with Crippen LogP contribution in [-0.2, 0) is 0 Å². The summed E-state index contributed by atoms with van der Waals surface area (Å²) in [5, 5.41) is 0. The van der Waals surface area contributed by atoms with E-state index in [2.05, 4.69) is 18.7 Å². The highest BCUT2D eigenvalue weighted by molar-refractivity contribution is 4.98. The smallest absolute Gasteiger partial charge is 0.0156 e. The molecule has 2 nitrogen and oxygen atoms in total. The minimum atomic E-state index is 0.443. The normalized spacial score (nSPS) is 39.0. The fraction of sp³-hybridized carbons (Fsp3) is 1.00. The number of hydrogen-bond donors (Lipinski definition) is 1. The fourth-order valence-electron chi connectivity index (χ4n) is 2.98. The highest BCUT2D eigenvalue weighted by atomic mass is 15.2. The SMILES string of the molecule is CC1(C)CCCN1C1CCC1CN. The molecule has 2 aliphatic rings. The Morgan fingerprint density at radius 3 is 2.54 bits per heavy atom. The second kappa shape index (κ2) is 3.25. The van der Waals surface area contributed by atoms with Crippen LogP contribution in [0.5, 0.6) is 0 Å². The van der Waals surface area contributed by atoms with Crippen molar-refractivity contribution in [1.29, 1.82) is 0 Å². The summed E-state index contributed by atoms with van der Waals surface area (Å²) < 4.78 is 0. The third-order valence-electron chi connectivity index (χ3n) is 4.05. The molecule has 2 heteroatoms. The van der Waals surface area contributed by atoms with Crippen LogP contribution >= 0.6 is 0 Å². The average molecular weight is 182 g/mol. The van der Waals surface area contributed by atoms with Gasteiger partial charge in [0.05, 0.1) is 0 Å². The first-order valence-corrected chi connectivity index (χ1v) is 5.62. The van der Waals surface area contributed by atoms with E-state index in [1.807, 2.05) is 0 Å². The Hall–Kier alpha value is -0.0800. The van der Waals surface area contributed by atoms with Crippen molar-refractivity contribution in [3.8, 4) is 0 Å². The van der Waals surface area contributed by atoms with Crippen molar-refractivity contribution in [2.75, 3.05) is 13.1 Å². The summed E-state index contributed by atoms with van der Waals surface area (Å²) in [4.78, 5) is 2.70. The summed E-state index contributed by atoms with van der Waals surface area (Å²) in [5.41, 5.74) is 6.20. The van der Waals surface area contributed by atoms with Crippen molar-refractivity contribution in [3.63, 3.8) is 0 Å². The molecule has 0 aromatic heterocycles. The molecule has 2 unspecified atom stereocenters. The molecular formula is C11H22N2. The first-order valence-electron chi connectivity index (χ1n) is 5.62. The van der Waals surface area contributed by atoms with E-state index in [0.717, 1.165) is 18.5 Å². The molecule has 2 rings (SSSR count). The van der Waals surface area contributed by atoms with Crippen LogP contribution < -0.4 is 5.73 Å². The van der Waals surface area contributed by atoms with E-state index >= 15 is 0 Å². The number of nitrogens with zero attached hydrogens (tertiary/aromatic N) is 1. The van der Waals surface area contributed by atoms with Gasteiger partial charge in [-0.15, -0.1) is 0 Å². The van der Waals surface area contributed by atoms with Crippen LogP contribution in [0.4, 0.5) is 0 Å². The van der Waals surface area contributed by atoms with E-state index < -0.39 is 0 Å². The van der Waals surface area contributed by atoms with Crippen LogP contribution in [-0.4, -0.2) is 29.6 Å². The van der Waals surface area contributed by atoms with Gasteiger partial charge in [0.1, 0.15) is 0 Å². The second-order valence-electron chi connectivity index (χ2n) is 5.25. The largest absolute Gasteiger partial charge is 0.330 e. The lowest BCUT2D eigenvalue weighted by Gasteiger charge is -2.48. The summed E-state index contributed by atoms with van der Waals surface area (Å²) >= 11 is 0. The quantitative estimate of drug-likeness (QED) is 0.703. The molecule has 0 aromatic rings. The van der Waals surface area contributed by atoms with Gasteiger partial charge in [-0.25, -0.2) is 0 Å². The lowest BCUT2D eigenvalue weighted by atomic mass is 9.77. The minimum Gasteiger partial charge on any atom is -0.330 e. The van der Waals surface area contributed by atoms with Gasteiger partial charge >= 0.3 is 0 Å². The lowest BCUT2D eigenvalue weighted by Crippen LogP contribution is -2.54. The first-order chi connectivity index (χ1) is 6.15. The molecule has 1 aliphatic heterocycles. The summed E-state index contributed by atoms with van der Waals surface area (Å²) in [6.07, 6.45) is 5.47. The van der Waals surface area contributed by atoms with Crippen molar-refractivity contribution in [2.45, 2.75) is 51.1 Å². The summed E-state index contributed by atoms with van der Waals surface area (Å²) in [5.74, 6) is 0.789. The molecule has 1 heterocycles. The summed E-state index contributed by atoms with van der Waals surface area (Å²) in [7, 11) is 0. The van der Waals surface area contributed by atoms with E-state index in [9.17, 15) is 0 Å². The van der Waals surface area contributed by atoms with Gasteiger partial charge in [0.2, 0.25) is 0 Å². The Bertz CT molecular complexity index is 187. The summed E-state index contributed by atoms with van der Waals surface area (Å²) in [6, 6.07) is 0.808. The number of nitrogens with two attached hydrogens (primary N) is 1. The van der Waals surface area contributed by atoms with Gasteiger partial charge < -0.3 is 5.73 Å². The Labute approximate surface area is 81.5 Å². The standard InChI is InChI=1S/C11H22N2/c1-11(2)6-3-7-13(11)10-5-4-9(10)8-12/h9-10H,3-8,12H2,1-2H3. The molecule has 0 spiro atoms. The van der Waals surface area contributed by atoms with E-state index in [4.69, 9.17) is 5.73 Å². The van der Waals surface area contributed by atoms with Gasteiger partial charge in [-0.05, 0) is 58.5 Å². The molecule has 0 aromatic carbocycles. The zero-order chi connectivity index (χ0) is 9.47. The average Bonchev–Trinajstić information content (AvgIpc) is 2.30. The maximum atomic E-state index is 5.75. The zero-order valence-corrected chi connectivity index (χ0v) is 8.92. The molecule has 2 N–H and O–H groups in total. The minimum absolute atomic E-state index is 0.443. The van der Waals surface area contributed by atoms with Gasteiger partial charge in [0.25, 0.3) is 0 Å². The van der Waals surface area contributed by atoms with Gasteiger partial charge in [-0.2, -0.15) is 0 Å². The second-order valence-corrected chi connectivity index (χ2v) is 5.25. The molecule has 0 radical (unpaired) electrons. The van der Waals surface area contributed by atoms with Gasteiger partial charge in [0, 0.05) is 11.6 Å². The molecule has 1 saturated carbocycles. The lowest BCUT2D eigenvalue weighted by molar-refractivity contribution is 0.0211. The van der Waals surface area contributed by atoms with Crippen molar-refractivity contribution in [1.82, 2.24) is 4.90 Å². The van der Waals surface area contributed by atoms with Crippen LogP contribution in [0.1, 0.15) is 39.5 Å². The molecule has 1 aliphatic carbocycles. The molecule has 0 amide bonds. The number of hydrogen-bond acceptors (Lipinski definition) is 2. The topological polar surface area (TPSA) is 29.3 Å².